The summed E-state index contributed by atoms with van der Waals surface area (Å²) in [6, 6.07) is -6.41. The van der Waals surface area contributed by atoms with Crippen LogP contribution in [0.2, 0.25) is 0 Å². The number of nitrogens with one attached hydrogen (secondary N) is 9. The number of allylic oxidation sites excluding steroid dienone is 3. The molecule has 23 heteroatoms. The van der Waals surface area contributed by atoms with Gasteiger partial charge in [0, 0.05) is 38.5 Å². The lowest BCUT2D eigenvalue weighted by molar-refractivity contribution is -0.140. The van der Waals surface area contributed by atoms with E-state index in [9.17, 15) is 57.8 Å². The fourth-order valence-electron chi connectivity index (χ4n) is 9.37. The summed E-state index contributed by atoms with van der Waals surface area (Å²) in [6.45, 7) is 31.5. The van der Waals surface area contributed by atoms with Gasteiger partial charge >= 0.3 is 0 Å². The summed E-state index contributed by atoms with van der Waals surface area (Å²) in [5.74, 6) is -7.69. The fourth-order valence-corrected chi connectivity index (χ4v) is 9.37. The molecular formula is C62H109N11O12. The van der Waals surface area contributed by atoms with Crippen molar-refractivity contribution >= 4 is 64.9 Å². The van der Waals surface area contributed by atoms with Crippen LogP contribution in [0.5, 0.6) is 0 Å². The van der Waals surface area contributed by atoms with Crippen LogP contribution in [-0.2, 0) is 52.7 Å². The van der Waals surface area contributed by atoms with Crippen LogP contribution in [0.4, 0.5) is 0 Å². The zero-order valence-electron chi connectivity index (χ0n) is 54.9. The van der Waals surface area contributed by atoms with Crippen LogP contribution in [0.1, 0.15) is 176 Å². The monoisotopic (exact) mass is 1200 g/mol. The predicted octanol–water partition coefficient (Wildman–Crippen LogP) is 3.08. The Balaban J connectivity index is 3.42. The Bertz CT molecular complexity index is 2350. The highest BCUT2D eigenvalue weighted by Gasteiger charge is 2.43. The van der Waals surface area contributed by atoms with E-state index in [-0.39, 0.29) is 85.5 Å². The van der Waals surface area contributed by atoms with Crippen molar-refractivity contribution in [2.75, 3.05) is 33.7 Å². The Morgan fingerprint density at radius 1 is 0.635 bits per heavy atom. The molecule has 1 heterocycles. The summed E-state index contributed by atoms with van der Waals surface area (Å²) in [5.41, 5.74) is -4.89. The van der Waals surface area contributed by atoms with Crippen LogP contribution in [0.25, 0.3) is 0 Å². The molecule has 0 aromatic carbocycles. The molecule has 85 heavy (non-hydrogen) atoms. The Kier molecular flexibility index (Phi) is 32.0. The third-order valence-electron chi connectivity index (χ3n) is 14.7. The second kappa shape index (κ2) is 35.4. The zero-order valence-corrected chi connectivity index (χ0v) is 54.9. The third kappa shape index (κ3) is 27.3. The molecule has 0 aromatic heterocycles. The lowest BCUT2D eigenvalue weighted by Gasteiger charge is -2.34. The number of aliphatic hydroxyl groups excluding tert-OH is 1. The van der Waals surface area contributed by atoms with E-state index < -0.39 is 106 Å². The van der Waals surface area contributed by atoms with Crippen molar-refractivity contribution in [3.63, 3.8) is 0 Å². The molecule has 0 aliphatic carbocycles. The predicted molar refractivity (Wildman–Crippen MR) is 329 cm³/mol. The van der Waals surface area contributed by atoms with E-state index in [0.717, 1.165) is 6.42 Å². The molecule has 0 aromatic rings. The van der Waals surface area contributed by atoms with Gasteiger partial charge in [0.1, 0.15) is 46.8 Å². The number of carbonyl (C=O) groups excluding carboxylic acids is 11. The maximum atomic E-state index is 14.5. The SMILES string of the molecule is CCC(=O)C=CCC(C)CC(NC(=O)C1CC(C)CN1C(=O)C=CC(C)CC)C(=O)NC(C(=O)NC(C)(C)C(=O)NC(CC(C)C)C(=O)NC(CC(C)C)C(=O)NC(C)(C)C(=O)NC(C)(C)C(=O)NCCC(=O)NC(C)CN(C)C)C(O)C(C)C. The highest BCUT2D eigenvalue weighted by Crippen LogP contribution is 2.25. The van der Waals surface area contributed by atoms with Gasteiger partial charge in [0.15, 0.2) is 5.78 Å². The van der Waals surface area contributed by atoms with E-state index in [1.807, 2.05) is 81.3 Å². The first-order valence-electron chi connectivity index (χ1n) is 30.4. The fraction of sp³-hybridized carbons (Fsp3) is 0.758. The van der Waals surface area contributed by atoms with E-state index in [1.165, 1.54) is 58.6 Å². The Hall–Kier alpha value is -6.23. The number of amides is 10. The summed E-state index contributed by atoms with van der Waals surface area (Å²) >= 11 is 0. The molecule has 0 saturated carbocycles. The number of rotatable bonds is 36. The van der Waals surface area contributed by atoms with Crippen molar-refractivity contribution in [2.24, 2.45) is 35.5 Å². The van der Waals surface area contributed by atoms with E-state index in [1.54, 1.807) is 32.9 Å². The summed E-state index contributed by atoms with van der Waals surface area (Å²) in [5, 5.41) is 36.1. The van der Waals surface area contributed by atoms with Gasteiger partial charge in [-0.1, -0.05) is 94.7 Å². The number of likely N-dealkylation sites (N-methyl/N-ethyl adjacent to an activating group) is 1. The molecule has 1 fully saturated rings. The molecule has 23 nitrogen and oxygen atoms in total. The van der Waals surface area contributed by atoms with E-state index in [2.05, 4.69) is 47.9 Å². The van der Waals surface area contributed by atoms with Gasteiger partial charge < -0.3 is 62.8 Å². The smallest absolute Gasteiger partial charge is 0.246 e. The molecule has 10 unspecified atom stereocenters. The summed E-state index contributed by atoms with van der Waals surface area (Å²) < 4.78 is 0. The quantitative estimate of drug-likeness (QED) is 0.0404. The van der Waals surface area contributed by atoms with E-state index in [4.69, 9.17) is 0 Å². The Labute approximate surface area is 507 Å². The minimum absolute atomic E-state index is 0.0126. The minimum atomic E-state index is -1.80. The molecule has 10 amide bonds. The van der Waals surface area contributed by atoms with Crippen LogP contribution in [0, 0.1) is 35.5 Å². The average molecular weight is 1200 g/mol. The van der Waals surface area contributed by atoms with Gasteiger partial charge in [0.2, 0.25) is 59.1 Å². The zero-order chi connectivity index (χ0) is 65.5. The van der Waals surface area contributed by atoms with E-state index in [0.29, 0.717) is 32.4 Å². The maximum Gasteiger partial charge on any atom is 0.246 e. The van der Waals surface area contributed by atoms with Gasteiger partial charge in [-0.3, -0.25) is 52.7 Å². The van der Waals surface area contributed by atoms with Crippen LogP contribution in [0.15, 0.2) is 24.3 Å². The normalized spacial score (nSPS) is 17.8. The van der Waals surface area contributed by atoms with Crippen molar-refractivity contribution in [3.8, 4) is 0 Å². The summed E-state index contributed by atoms with van der Waals surface area (Å²) in [4.78, 5) is 154. The molecule has 1 aliphatic rings. The lowest BCUT2D eigenvalue weighted by Crippen LogP contribution is -2.66. The lowest BCUT2D eigenvalue weighted by atomic mass is 9.94. The van der Waals surface area contributed by atoms with Gasteiger partial charge in [0.25, 0.3) is 0 Å². The third-order valence-corrected chi connectivity index (χ3v) is 14.7. The molecule has 10 N–H and O–H groups in total. The number of nitrogens with zero attached hydrogens (tertiary/aromatic N) is 2. The number of aliphatic hydroxyl groups is 1. The van der Waals surface area contributed by atoms with Gasteiger partial charge in [0.05, 0.1) is 6.10 Å². The average Bonchev–Trinajstić information content (AvgIpc) is 3.42. The summed E-state index contributed by atoms with van der Waals surface area (Å²) in [7, 11) is 3.78. The van der Waals surface area contributed by atoms with Crippen LogP contribution in [-0.4, -0.2) is 172 Å². The standard InChI is InChI=1S/C62H109N11O12/c1-21-39(9)26-27-49(76)73-34-41(11)33-47(73)55(81)66-46(32-40(10)24-23-25-43(74)22-2)53(79)68-50(51(77)38(7)8)56(82)70-61(15,16)58(84)67-44(30-36(3)4)52(78)65-45(31-37(5)6)54(80)69-62(17,18)59(85)71-60(13,14)57(83)63-29-28-48(75)64-42(12)35-72(19)20/h23,25-27,36-42,44-47,50-51,77H,21-22,24,28-35H2,1-20H3,(H,63,83)(H,64,75)(H,65,78)(H,66,81)(H,67,84)(H,68,79)(H,69,80)(H,70,82)(H,71,85). The highest BCUT2D eigenvalue weighted by atomic mass is 16.3. The number of ketones is 1. The Morgan fingerprint density at radius 3 is 1.71 bits per heavy atom. The van der Waals surface area contributed by atoms with Gasteiger partial charge in [-0.2, -0.15) is 0 Å². The van der Waals surface area contributed by atoms with Crippen LogP contribution < -0.4 is 47.9 Å². The molecule has 10 atom stereocenters. The molecule has 0 bridgehead atoms. The molecule has 484 valence electrons. The largest absolute Gasteiger partial charge is 0.390 e. The van der Waals surface area contributed by atoms with Crippen molar-refractivity contribution in [3.05, 3.63) is 24.3 Å². The minimum Gasteiger partial charge on any atom is -0.390 e. The number of hydrogen-bond donors (Lipinski definition) is 10. The molecule has 0 spiro atoms. The van der Waals surface area contributed by atoms with Gasteiger partial charge in [-0.15, -0.1) is 0 Å². The van der Waals surface area contributed by atoms with Crippen LogP contribution >= 0.6 is 0 Å². The molecule has 1 aliphatic heterocycles. The molecule has 1 rings (SSSR count). The van der Waals surface area contributed by atoms with Crippen molar-refractivity contribution in [2.45, 2.75) is 235 Å². The van der Waals surface area contributed by atoms with Gasteiger partial charge in [-0.25, -0.2) is 0 Å². The number of hydrogen-bond acceptors (Lipinski definition) is 13. The first kappa shape index (κ1) is 76.8. The molecule has 0 radical (unpaired) electrons. The first-order chi connectivity index (χ1) is 39.2. The second-order valence-electron chi connectivity index (χ2n) is 26.6. The molecular weight excluding hydrogens is 1090 g/mol. The second-order valence-corrected chi connectivity index (χ2v) is 26.6. The first-order valence-corrected chi connectivity index (χ1v) is 30.4. The Morgan fingerprint density at radius 2 is 1.16 bits per heavy atom. The highest BCUT2D eigenvalue weighted by molar-refractivity contribution is 6.00. The van der Waals surface area contributed by atoms with Crippen LogP contribution in [0.3, 0.4) is 0 Å². The topological polar surface area (TPSA) is 323 Å². The van der Waals surface area contributed by atoms with E-state index >= 15 is 0 Å². The number of likely N-dealkylation sites (tertiary alicyclic amines) is 1. The van der Waals surface area contributed by atoms with Crippen molar-refractivity contribution in [1.29, 1.82) is 0 Å². The molecule has 1 saturated heterocycles. The summed E-state index contributed by atoms with van der Waals surface area (Å²) in [6.07, 6.45) is 6.99. The van der Waals surface area contributed by atoms with Gasteiger partial charge in [-0.05, 0) is 142 Å². The van der Waals surface area contributed by atoms with Crippen molar-refractivity contribution < 1.29 is 57.8 Å². The van der Waals surface area contributed by atoms with Crippen molar-refractivity contribution in [1.82, 2.24) is 57.7 Å². The maximum absolute atomic E-state index is 14.5. The number of carbonyl (C=O) groups is 11.